The lowest BCUT2D eigenvalue weighted by Crippen LogP contribution is -2.24. The molecule has 0 bridgehead atoms. The van der Waals surface area contributed by atoms with Crippen molar-refractivity contribution in [3.63, 3.8) is 0 Å². The summed E-state index contributed by atoms with van der Waals surface area (Å²) in [6.07, 6.45) is 7.25. The van der Waals surface area contributed by atoms with Gasteiger partial charge in [-0.15, -0.1) is 0 Å². The lowest BCUT2D eigenvalue weighted by atomic mass is 10.2. The minimum atomic E-state index is -0.0891. The number of carbonyl (C=O) groups is 1. The molecule has 3 N–H and O–H groups in total. The highest BCUT2D eigenvalue weighted by Crippen LogP contribution is 1.98. The van der Waals surface area contributed by atoms with Gasteiger partial charge >= 0.3 is 0 Å². The Bertz CT molecular complexity index is 302. The van der Waals surface area contributed by atoms with Gasteiger partial charge in [-0.3, -0.25) is 4.79 Å². The van der Waals surface area contributed by atoms with Crippen molar-refractivity contribution in [2.45, 2.75) is 25.7 Å². The zero-order chi connectivity index (χ0) is 11.6. The average molecular weight is 222 g/mol. The zero-order valence-corrected chi connectivity index (χ0v) is 9.35. The molecule has 0 aliphatic rings. The molecule has 0 aliphatic carbocycles. The van der Waals surface area contributed by atoms with Gasteiger partial charge in [-0.25, -0.2) is 0 Å². The van der Waals surface area contributed by atoms with Gasteiger partial charge in [0, 0.05) is 6.54 Å². The quantitative estimate of drug-likeness (QED) is 0.666. The normalized spacial score (nSPS) is 10.1. The molecule has 0 aromatic carbocycles. The molecular formula is C11H18N4O. The van der Waals surface area contributed by atoms with Crippen LogP contribution in [-0.4, -0.2) is 29.2 Å². The molecule has 1 rings (SSSR count). The summed E-state index contributed by atoms with van der Waals surface area (Å²) >= 11 is 0. The van der Waals surface area contributed by atoms with Crippen molar-refractivity contribution in [1.82, 2.24) is 15.5 Å². The zero-order valence-electron chi connectivity index (χ0n) is 9.35. The van der Waals surface area contributed by atoms with E-state index in [1.165, 1.54) is 12.4 Å². The molecule has 0 saturated carbocycles. The molecule has 0 radical (unpaired) electrons. The molecule has 1 amide bonds. The van der Waals surface area contributed by atoms with Crippen LogP contribution in [0.25, 0.3) is 0 Å². The molecule has 16 heavy (non-hydrogen) atoms. The maximum Gasteiger partial charge on any atom is 0.252 e. The maximum absolute atomic E-state index is 11.5. The third-order valence-corrected chi connectivity index (χ3v) is 2.26. The van der Waals surface area contributed by atoms with E-state index in [2.05, 4.69) is 15.5 Å². The molecule has 1 heterocycles. The van der Waals surface area contributed by atoms with Gasteiger partial charge in [0.2, 0.25) is 0 Å². The molecule has 1 aromatic heterocycles. The van der Waals surface area contributed by atoms with Gasteiger partial charge in [0.15, 0.2) is 0 Å². The molecule has 5 nitrogen and oxygen atoms in total. The fourth-order valence-electron chi connectivity index (χ4n) is 1.35. The summed E-state index contributed by atoms with van der Waals surface area (Å²) in [6, 6.07) is 1.65. The third kappa shape index (κ3) is 4.84. The number of hydrogen-bond acceptors (Lipinski definition) is 4. The predicted molar refractivity (Wildman–Crippen MR) is 61.9 cm³/mol. The second-order valence-corrected chi connectivity index (χ2v) is 3.59. The second kappa shape index (κ2) is 7.76. The minimum absolute atomic E-state index is 0.0891. The van der Waals surface area contributed by atoms with Gasteiger partial charge in [0.05, 0.1) is 18.0 Å². The maximum atomic E-state index is 11.5. The van der Waals surface area contributed by atoms with E-state index >= 15 is 0 Å². The summed E-state index contributed by atoms with van der Waals surface area (Å²) in [5.41, 5.74) is 5.94. The smallest absolute Gasteiger partial charge is 0.252 e. The fourth-order valence-corrected chi connectivity index (χ4v) is 1.35. The molecule has 0 fully saturated rings. The number of unbranched alkanes of at least 4 members (excludes halogenated alkanes) is 3. The van der Waals surface area contributed by atoms with Crippen LogP contribution in [0.1, 0.15) is 36.0 Å². The molecule has 0 unspecified atom stereocenters. The van der Waals surface area contributed by atoms with Gasteiger partial charge in [-0.05, 0) is 25.5 Å². The van der Waals surface area contributed by atoms with E-state index in [9.17, 15) is 4.79 Å². The van der Waals surface area contributed by atoms with Crippen molar-refractivity contribution in [2.24, 2.45) is 5.73 Å². The van der Waals surface area contributed by atoms with Gasteiger partial charge in [-0.1, -0.05) is 12.8 Å². The monoisotopic (exact) mass is 222 g/mol. The number of carbonyl (C=O) groups excluding carboxylic acids is 1. The van der Waals surface area contributed by atoms with Crippen molar-refractivity contribution in [3.05, 3.63) is 24.0 Å². The van der Waals surface area contributed by atoms with Crippen LogP contribution in [0, 0.1) is 0 Å². The van der Waals surface area contributed by atoms with E-state index in [4.69, 9.17) is 5.73 Å². The largest absolute Gasteiger partial charge is 0.352 e. The van der Waals surface area contributed by atoms with Crippen LogP contribution in [0.2, 0.25) is 0 Å². The Hall–Kier alpha value is -1.49. The van der Waals surface area contributed by atoms with Gasteiger partial charge in [0.1, 0.15) is 0 Å². The van der Waals surface area contributed by atoms with Crippen LogP contribution in [-0.2, 0) is 0 Å². The van der Waals surface area contributed by atoms with Crippen molar-refractivity contribution in [3.8, 4) is 0 Å². The Kier molecular flexibility index (Phi) is 6.10. The number of nitrogens with two attached hydrogens (primary N) is 1. The molecule has 0 spiro atoms. The van der Waals surface area contributed by atoms with Gasteiger partial charge in [-0.2, -0.15) is 10.2 Å². The number of nitrogens with zero attached hydrogens (tertiary/aromatic N) is 2. The lowest BCUT2D eigenvalue weighted by molar-refractivity contribution is 0.0952. The molecule has 1 aromatic rings. The third-order valence-electron chi connectivity index (χ3n) is 2.26. The number of hydrogen-bond donors (Lipinski definition) is 2. The van der Waals surface area contributed by atoms with Crippen molar-refractivity contribution >= 4 is 5.91 Å². The Morgan fingerprint density at radius 2 is 2.06 bits per heavy atom. The van der Waals surface area contributed by atoms with Crippen molar-refractivity contribution < 1.29 is 4.79 Å². The number of amides is 1. The first kappa shape index (κ1) is 12.6. The SMILES string of the molecule is NCCCCCCNC(=O)c1ccnnc1. The van der Waals surface area contributed by atoms with Gasteiger partial charge in [0.25, 0.3) is 5.91 Å². The van der Waals surface area contributed by atoms with E-state index in [-0.39, 0.29) is 5.91 Å². The summed E-state index contributed by atoms with van der Waals surface area (Å²) in [6.45, 7) is 1.45. The molecule has 0 saturated heterocycles. The summed E-state index contributed by atoms with van der Waals surface area (Å²) in [5.74, 6) is -0.0891. The molecule has 88 valence electrons. The Labute approximate surface area is 95.4 Å². The van der Waals surface area contributed by atoms with Crippen LogP contribution in [0.4, 0.5) is 0 Å². The number of rotatable bonds is 7. The number of nitrogens with one attached hydrogen (secondary N) is 1. The predicted octanol–water partition coefficient (Wildman–Crippen LogP) is 0.725. The Morgan fingerprint density at radius 3 is 2.75 bits per heavy atom. The highest BCUT2D eigenvalue weighted by molar-refractivity contribution is 5.93. The van der Waals surface area contributed by atoms with Crippen LogP contribution < -0.4 is 11.1 Å². The number of aromatic nitrogens is 2. The standard InChI is InChI=1S/C11H18N4O/c12-6-3-1-2-4-7-13-11(16)10-5-8-14-15-9-10/h5,8-9H,1-4,6-7,12H2,(H,13,16). The highest BCUT2D eigenvalue weighted by atomic mass is 16.1. The van der Waals surface area contributed by atoms with Crippen LogP contribution in [0.3, 0.4) is 0 Å². The highest BCUT2D eigenvalue weighted by Gasteiger charge is 2.03. The molecular weight excluding hydrogens is 204 g/mol. The fraction of sp³-hybridized carbons (Fsp3) is 0.545. The van der Waals surface area contributed by atoms with E-state index in [1.807, 2.05) is 0 Å². The minimum Gasteiger partial charge on any atom is -0.352 e. The van der Waals surface area contributed by atoms with Crippen molar-refractivity contribution in [2.75, 3.05) is 13.1 Å². The topological polar surface area (TPSA) is 80.9 Å². The summed E-state index contributed by atoms with van der Waals surface area (Å²) < 4.78 is 0. The molecule has 0 atom stereocenters. The van der Waals surface area contributed by atoms with Gasteiger partial charge < -0.3 is 11.1 Å². The van der Waals surface area contributed by atoms with E-state index in [0.29, 0.717) is 12.1 Å². The average Bonchev–Trinajstić information content (AvgIpc) is 2.34. The van der Waals surface area contributed by atoms with Crippen LogP contribution in [0.15, 0.2) is 18.5 Å². The van der Waals surface area contributed by atoms with Crippen LogP contribution >= 0.6 is 0 Å². The summed E-state index contributed by atoms with van der Waals surface area (Å²) in [7, 11) is 0. The van der Waals surface area contributed by atoms with E-state index in [1.54, 1.807) is 6.07 Å². The molecule has 5 heteroatoms. The first-order chi connectivity index (χ1) is 7.84. The van der Waals surface area contributed by atoms with Crippen LogP contribution in [0.5, 0.6) is 0 Å². The summed E-state index contributed by atoms with van der Waals surface area (Å²) in [5, 5.41) is 10.1. The summed E-state index contributed by atoms with van der Waals surface area (Å²) in [4.78, 5) is 11.5. The Balaban J connectivity index is 2.12. The molecule has 0 aliphatic heterocycles. The first-order valence-corrected chi connectivity index (χ1v) is 5.59. The van der Waals surface area contributed by atoms with E-state index in [0.717, 1.165) is 32.2 Å². The lowest BCUT2D eigenvalue weighted by Gasteiger charge is -2.04. The Morgan fingerprint density at radius 1 is 1.25 bits per heavy atom. The van der Waals surface area contributed by atoms with Crippen molar-refractivity contribution in [1.29, 1.82) is 0 Å². The van der Waals surface area contributed by atoms with E-state index < -0.39 is 0 Å². The first-order valence-electron chi connectivity index (χ1n) is 5.59. The second-order valence-electron chi connectivity index (χ2n) is 3.59.